The summed E-state index contributed by atoms with van der Waals surface area (Å²) in [6.07, 6.45) is 13.1. The van der Waals surface area contributed by atoms with Gasteiger partial charge < -0.3 is 5.11 Å². The first-order chi connectivity index (χ1) is 8.34. The fourth-order valence-electron chi connectivity index (χ4n) is 2.75. The summed E-state index contributed by atoms with van der Waals surface area (Å²) in [6.45, 7) is 0. The molecule has 2 rings (SSSR count). The van der Waals surface area contributed by atoms with Crippen molar-refractivity contribution in [1.29, 1.82) is 0 Å². The number of nitrogens with zero attached hydrogens (tertiary/aromatic N) is 1. The van der Waals surface area contributed by atoms with Crippen molar-refractivity contribution in [2.45, 2.75) is 57.5 Å². The monoisotopic (exact) mass is 233 g/mol. The Kier molecular flexibility index (Phi) is 4.99. The molecule has 1 fully saturated rings. The van der Waals surface area contributed by atoms with Gasteiger partial charge in [-0.1, -0.05) is 31.7 Å². The van der Waals surface area contributed by atoms with E-state index in [0.717, 1.165) is 25.2 Å². The van der Waals surface area contributed by atoms with Gasteiger partial charge in [-0.05, 0) is 43.2 Å². The molecule has 1 N–H and O–H groups in total. The predicted molar refractivity (Wildman–Crippen MR) is 69.8 cm³/mol. The minimum Gasteiger partial charge on any atom is -0.393 e. The van der Waals surface area contributed by atoms with Crippen molar-refractivity contribution in [2.75, 3.05) is 0 Å². The van der Waals surface area contributed by atoms with Crippen molar-refractivity contribution in [2.24, 2.45) is 5.92 Å². The van der Waals surface area contributed by atoms with Crippen molar-refractivity contribution in [3.8, 4) is 0 Å². The first-order valence-electron chi connectivity index (χ1n) is 6.91. The van der Waals surface area contributed by atoms with Crippen molar-refractivity contribution >= 4 is 0 Å². The highest BCUT2D eigenvalue weighted by atomic mass is 16.3. The maximum absolute atomic E-state index is 9.95. The Morgan fingerprint density at radius 3 is 2.82 bits per heavy atom. The topological polar surface area (TPSA) is 33.1 Å². The van der Waals surface area contributed by atoms with E-state index in [1.807, 2.05) is 12.3 Å². The molecule has 0 spiro atoms. The van der Waals surface area contributed by atoms with E-state index in [1.54, 1.807) is 6.20 Å². The third-order valence-electron chi connectivity index (χ3n) is 3.87. The second-order valence-corrected chi connectivity index (χ2v) is 5.28. The fourth-order valence-corrected chi connectivity index (χ4v) is 2.75. The first-order valence-corrected chi connectivity index (χ1v) is 6.91. The molecule has 0 aliphatic heterocycles. The van der Waals surface area contributed by atoms with Gasteiger partial charge >= 0.3 is 0 Å². The van der Waals surface area contributed by atoms with Crippen molar-refractivity contribution in [3.63, 3.8) is 0 Å². The van der Waals surface area contributed by atoms with E-state index in [4.69, 9.17) is 0 Å². The average Bonchev–Trinajstić information content (AvgIpc) is 2.88. The molecule has 0 bridgehead atoms. The summed E-state index contributed by atoms with van der Waals surface area (Å²) in [5.41, 5.74) is 1.23. The van der Waals surface area contributed by atoms with Crippen LogP contribution in [-0.2, 0) is 6.42 Å². The standard InChI is InChI=1S/C15H23NO/c17-15(9-7-13-4-1-2-5-13)10-8-14-6-3-11-16-12-14/h3,6,11-13,15,17H,1-2,4-5,7-10H2. The Hall–Kier alpha value is -0.890. The molecule has 1 aliphatic carbocycles. The normalized spacial score (nSPS) is 18.4. The van der Waals surface area contributed by atoms with Gasteiger partial charge in [-0.3, -0.25) is 4.98 Å². The highest BCUT2D eigenvalue weighted by molar-refractivity contribution is 5.08. The zero-order valence-electron chi connectivity index (χ0n) is 10.5. The van der Waals surface area contributed by atoms with Gasteiger partial charge in [-0.2, -0.15) is 0 Å². The molecule has 2 nitrogen and oxygen atoms in total. The van der Waals surface area contributed by atoms with Crippen molar-refractivity contribution in [3.05, 3.63) is 30.1 Å². The highest BCUT2D eigenvalue weighted by Crippen LogP contribution is 2.29. The van der Waals surface area contributed by atoms with Gasteiger partial charge in [-0.15, -0.1) is 0 Å². The molecule has 0 amide bonds. The Morgan fingerprint density at radius 2 is 2.12 bits per heavy atom. The Bertz CT molecular complexity index is 306. The van der Waals surface area contributed by atoms with Crippen LogP contribution in [0.4, 0.5) is 0 Å². The Labute approximate surface area is 104 Å². The Balaban J connectivity index is 1.62. The lowest BCUT2D eigenvalue weighted by Crippen LogP contribution is -2.10. The number of pyridine rings is 1. The summed E-state index contributed by atoms with van der Waals surface area (Å²) < 4.78 is 0. The number of aryl methyl sites for hydroxylation is 1. The largest absolute Gasteiger partial charge is 0.393 e. The molecule has 1 saturated carbocycles. The summed E-state index contributed by atoms with van der Waals surface area (Å²) >= 11 is 0. The number of aromatic nitrogens is 1. The van der Waals surface area contributed by atoms with E-state index in [1.165, 1.54) is 37.7 Å². The van der Waals surface area contributed by atoms with Crippen LogP contribution in [0.5, 0.6) is 0 Å². The number of aliphatic hydroxyl groups excluding tert-OH is 1. The van der Waals surface area contributed by atoms with Gasteiger partial charge in [-0.25, -0.2) is 0 Å². The predicted octanol–water partition coefficient (Wildman–Crippen LogP) is 3.35. The number of hydrogen-bond donors (Lipinski definition) is 1. The lowest BCUT2D eigenvalue weighted by molar-refractivity contribution is 0.145. The van der Waals surface area contributed by atoms with E-state index in [2.05, 4.69) is 11.1 Å². The molecule has 17 heavy (non-hydrogen) atoms. The summed E-state index contributed by atoms with van der Waals surface area (Å²) in [4.78, 5) is 4.09. The first kappa shape index (κ1) is 12.6. The van der Waals surface area contributed by atoms with Crippen LogP contribution >= 0.6 is 0 Å². The molecule has 1 heterocycles. The molecule has 1 unspecified atom stereocenters. The second-order valence-electron chi connectivity index (χ2n) is 5.28. The summed E-state index contributed by atoms with van der Waals surface area (Å²) in [5.74, 6) is 0.892. The maximum atomic E-state index is 9.95. The van der Waals surface area contributed by atoms with E-state index < -0.39 is 0 Å². The summed E-state index contributed by atoms with van der Waals surface area (Å²) in [6, 6.07) is 4.04. The zero-order chi connectivity index (χ0) is 11.9. The van der Waals surface area contributed by atoms with Gasteiger partial charge in [0.1, 0.15) is 0 Å². The summed E-state index contributed by atoms with van der Waals surface area (Å²) in [5, 5.41) is 9.95. The van der Waals surface area contributed by atoms with E-state index in [0.29, 0.717) is 0 Å². The molecule has 2 heteroatoms. The molecule has 1 aromatic rings. The van der Waals surface area contributed by atoms with Gasteiger partial charge in [0.05, 0.1) is 6.10 Å². The van der Waals surface area contributed by atoms with E-state index >= 15 is 0 Å². The van der Waals surface area contributed by atoms with Gasteiger partial charge in [0.25, 0.3) is 0 Å². The molecular weight excluding hydrogens is 210 g/mol. The number of hydrogen-bond acceptors (Lipinski definition) is 2. The maximum Gasteiger partial charge on any atom is 0.0543 e. The van der Waals surface area contributed by atoms with Gasteiger partial charge in [0.15, 0.2) is 0 Å². The van der Waals surface area contributed by atoms with Gasteiger partial charge in [0, 0.05) is 12.4 Å². The van der Waals surface area contributed by atoms with Crippen LogP contribution in [0.25, 0.3) is 0 Å². The molecule has 0 aromatic carbocycles. The minimum atomic E-state index is -0.129. The quantitative estimate of drug-likeness (QED) is 0.817. The molecule has 0 saturated heterocycles. The van der Waals surface area contributed by atoms with Crippen LogP contribution in [0.15, 0.2) is 24.5 Å². The fraction of sp³-hybridized carbons (Fsp3) is 0.667. The van der Waals surface area contributed by atoms with Crippen molar-refractivity contribution in [1.82, 2.24) is 4.98 Å². The third kappa shape index (κ3) is 4.47. The van der Waals surface area contributed by atoms with Crippen LogP contribution in [-0.4, -0.2) is 16.2 Å². The van der Waals surface area contributed by atoms with E-state index in [9.17, 15) is 5.11 Å². The lowest BCUT2D eigenvalue weighted by atomic mass is 9.97. The Morgan fingerprint density at radius 1 is 1.29 bits per heavy atom. The average molecular weight is 233 g/mol. The molecule has 0 radical (unpaired) electrons. The van der Waals surface area contributed by atoms with Crippen LogP contribution in [0, 0.1) is 5.92 Å². The van der Waals surface area contributed by atoms with Crippen LogP contribution < -0.4 is 0 Å². The van der Waals surface area contributed by atoms with Crippen LogP contribution in [0.2, 0.25) is 0 Å². The van der Waals surface area contributed by atoms with Crippen molar-refractivity contribution < 1.29 is 5.11 Å². The lowest BCUT2D eigenvalue weighted by Gasteiger charge is -2.13. The molecular formula is C15H23NO. The number of rotatable bonds is 6. The van der Waals surface area contributed by atoms with Crippen LogP contribution in [0.1, 0.15) is 50.5 Å². The van der Waals surface area contributed by atoms with E-state index in [-0.39, 0.29) is 6.10 Å². The van der Waals surface area contributed by atoms with Gasteiger partial charge in [0.2, 0.25) is 0 Å². The third-order valence-corrected chi connectivity index (χ3v) is 3.87. The molecule has 1 aromatic heterocycles. The second kappa shape index (κ2) is 6.75. The van der Waals surface area contributed by atoms with Crippen LogP contribution in [0.3, 0.4) is 0 Å². The smallest absolute Gasteiger partial charge is 0.0543 e. The SMILES string of the molecule is OC(CCc1cccnc1)CCC1CCCC1. The minimum absolute atomic E-state index is 0.129. The summed E-state index contributed by atoms with van der Waals surface area (Å²) in [7, 11) is 0. The molecule has 1 atom stereocenters. The molecule has 94 valence electrons. The zero-order valence-corrected chi connectivity index (χ0v) is 10.5. The molecule has 1 aliphatic rings. The highest BCUT2D eigenvalue weighted by Gasteiger charge is 2.16. The number of aliphatic hydroxyl groups is 1.